The Bertz CT molecular complexity index is 852. The van der Waals surface area contributed by atoms with Crippen LogP contribution in [0.2, 0.25) is 0 Å². The maximum atomic E-state index is 12.8. The van der Waals surface area contributed by atoms with Crippen LogP contribution in [0.15, 0.2) is 53.5 Å². The van der Waals surface area contributed by atoms with Crippen molar-refractivity contribution in [2.24, 2.45) is 4.99 Å². The summed E-state index contributed by atoms with van der Waals surface area (Å²) in [4.78, 5) is 21.3. The lowest BCUT2D eigenvalue weighted by molar-refractivity contribution is -0.117. The number of aliphatic imine (C=N–C) groups is 1. The fraction of sp³-hybridized carbons (Fsp3) is 0.333. The molecule has 0 fully saturated rings. The molecule has 4 rings (SSSR count). The van der Waals surface area contributed by atoms with Crippen LogP contribution in [-0.2, 0) is 17.6 Å². The molecule has 2 heterocycles. The predicted molar refractivity (Wildman–Crippen MR) is 121 cm³/mol. The lowest BCUT2D eigenvalue weighted by Gasteiger charge is -2.30. The van der Waals surface area contributed by atoms with Gasteiger partial charge in [-0.1, -0.05) is 36.4 Å². The van der Waals surface area contributed by atoms with Crippen molar-refractivity contribution in [1.82, 2.24) is 5.32 Å². The van der Waals surface area contributed by atoms with Gasteiger partial charge in [0.05, 0.1) is 6.54 Å². The molecule has 2 aliphatic rings. The smallest absolute Gasteiger partial charge is 0.246 e. The van der Waals surface area contributed by atoms with Gasteiger partial charge in [0.25, 0.3) is 0 Å². The molecule has 1 amide bonds. The first-order chi connectivity index (χ1) is 12.8. The zero-order valence-corrected chi connectivity index (χ0v) is 17.8. The number of para-hydroxylation sites is 2. The number of hydrogen-bond acceptors (Lipinski definition) is 2. The number of nitrogens with zero attached hydrogens (tertiary/aromatic N) is 3. The van der Waals surface area contributed by atoms with Crippen LogP contribution in [0.5, 0.6) is 0 Å². The minimum atomic E-state index is 0. The van der Waals surface area contributed by atoms with Gasteiger partial charge in [-0.2, -0.15) is 0 Å². The summed E-state index contributed by atoms with van der Waals surface area (Å²) in [6, 6.07) is 16.6. The third-order valence-corrected chi connectivity index (χ3v) is 5.16. The molecule has 1 N–H and O–H groups in total. The average molecular weight is 476 g/mol. The monoisotopic (exact) mass is 476 g/mol. The van der Waals surface area contributed by atoms with E-state index >= 15 is 0 Å². The standard InChI is InChI=1S/C21H24N4O.HI/c1-22-21(25-14-12-17-8-3-5-11-19(17)25)23-15-20(26)24-13-6-9-16-7-2-4-10-18(16)24;/h2-5,7-8,10-11H,6,9,12-15H2,1H3,(H,22,23);1H. The van der Waals surface area contributed by atoms with Crippen molar-refractivity contribution in [3.63, 3.8) is 0 Å². The third kappa shape index (κ3) is 3.95. The first-order valence-electron chi connectivity index (χ1n) is 9.22. The number of aryl methyl sites for hydroxylation is 1. The van der Waals surface area contributed by atoms with E-state index in [4.69, 9.17) is 0 Å². The predicted octanol–water partition coefficient (Wildman–Crippen LogP) is 3.22. The Labute approximate surface area is 177 Å². The normalized spacial score (nSPS) is 15.7. The summed E-state index contributed by atoms with van der Waals surface area (Å²) in [5.41, 5.74) is 4.81. The Kier molecular flexibility index (Phi) is 6.36. The van der Waals surface area contributed by atoms with Gasteiger partial charge in [-0.15, -0.1) is 24.0 Å². The van der Waals surface area contributed by atoms with Gasteiger partial charge < -0.3 is 15.1 Å². The molecule has 0 aromatic heterocycles. The number of benzene rings is 2. The SMILES string of the molecule is CN=C(NCC(=O)N1CCCc2ccccc21)N1CCc2ccccc21.I. The number of carbonyl (C=O) groups is 1. The molecule has 0 aliphatic carbocycles. The van der Waals surface area contributed by atoms with E-state index in [0.717, 1.165) is 44.0 Å². The van der Waals surface area contributed by atoms with Crippen LogP contribution < -0.4 is 15.1 Å². The molecule has 142 valence electrons. The average Bonchev–Trinajstić information content (AvgIpc) is 3.12. The lowest BCUT2D eigenvalue weighted by Crippen LogP contribution is -2.47. The summed E-state index contributed by atoms with van der Waals surface area (Å²) in [5, 5.41) is 3.26. The van der Waals surface area contributed by atoms with Gasteiger partial charge >= 0.3 is 0 Å². The van der Waals surface area contributed by atoms with Crippen molar-refractivity contribution in [3.05, 3.63) is 59.7 Å². The third-order valence-electron chi connectivity index (χ3n) is 5.16. The first-order valence-corrected chi connectivity index (χ1v) is 9.22. The second-order valence-corrected chi connectivity index (χ2v) is 6.71. The molecule has 2 aromatic carbocycles. The van der Waals surface area contributed by atoms with E-state index < -0.39 is 0 Å². The molecular formula is C21H25IN4O. The second kappa shape index (κ2) is 8.73. The van der Waals surface area contributed by atoms with Crippen LogP contribution in [0.1, 0.15) is 17.5 Å². The fourth-order valence-electron chi connectivity index (χ4n) is 3.90. The summed E-state index contributed by atoms with van der Waals surface area (Å²) < 4.78 is 0. The van der Waals surface area contributed by atoms with E-state index in [0.29, 0.717) is 0 Å². The van der Waals surface area contributed by atoms with E-state index in [2.05, 4.69) is 39.5 Å². The molecular weight excluding hydrogens is 451 g/mol. The number of fused-ring (bicyclic) bond motifs is 2. The molecule has 2 aliphatic heterocycles. The van der Waals surface area contributed by atoms with E-state index in [-0.39, 0.29) is 36.4 Å². The fourth-order valence-corrected chi connectivity index (χ4v) is 3.90. The molecule has 0 bridgehead atoms. The van der Waals surface area contributed by atoms with Gasteiger partial charge in [-0.3, -0.25) is 9.79 Å². The second-order valence-electron chi connectivity index (χ2n) is 6.71. The zero-order chi connectivity index (χ0) is 17.9. The number of halogens is 1. The van der Waals surface area contributed by atoms with E-state index in [1.165, 1.54) is 16.8 Å². The van der Waals surface area contributed by atoms with Gasteiger partial charge in [-0.05, 0) is 42.5 Å². The van der Waals surface area contributed by atoms with E-state index in [9.17, 15) is 4.79 Å². The van der Waals surface area contributed by atoms with Crippen molar-refractivity contribution in [2.75, 3.05) is 36.5 Å². The highest BCUT2D eigenvalue weighted by molar-refractivity contribution is 14.0. The van der Waals surface area contributed by atoms with Crippen LogP contribution in [0.25, 0.3) is 0 Å². The minimum Gasteiger partial charge on any atom is -0.347 e. The highest BCUT2D eigenvalue weighted by Gasteiger charge is 2.25. The van der Waals surface area contributed by atoms with Crippen LogP contribution in [-0.4, -0.2) is 38.5 Å². The van der Waals surface area contributed by atoms with Crippen LogP contribution in [0, 0.1) is 0 Å². The number of guanidine groups is 1. The summed E-state index contributed by atoms with van der Waals surface area (Å²) in [7, 11) is 1.77. The summed E-state index contributed by atoms with van der Waals surface area (Å²) in [6.07, 6.45) is 3.06. The minimum absolute atomic E-state index is 0. The van der Waals surface area contributed by atoms with Crippen molar-refractivity contribution < 1.29 is 4.79 Å². The summed E-state index contributed by atoms with van der Waals surface area (Å²) in [5.74, 6) is 0.847. The maximum Gasteiger partial charge on any atom is 0.246 e. The van der Waals surface area contributed by atoms with Crippen LogP contribution in [0.3, 0.4) is 0 Å². The molecule has 0 atom stereocenters. The molecule has 6 heteroatoms. The highest BCUT2D eigenvalue weighted by atomic mass is 127. The number of amides is 1. The Morgan fingerprint density at radius 3 is 2.30 bits per heavy atom. The van der Waals surface area contributed by atoms with Crippen molar-refractivity contribution >= 4 is 47.2 Å². The van der Waals surface area contributed by atoms with Crippen LogP contribution >= 0.6 is 24.0 Å². The zero-order valence-electron chi connectivity index (χ0n) is 15.5. The number of anilines is 2. The van der Waals surface area contributed by atoms with E-state index in [1.807, 2.05) is 29.2 Å². The van der Waals surface area contributed by atoms with Gasteiger partial charge in [0.15, 0.2) is 5.96 Å². The number of nitrogens with one attached hydrogen (secondary N) is 1. The Hall–Kier alpha value is -2.09. The summed E-state index contributed by atoms with van der Waals surface area (Å²) >= 11 is 0. The quantitative estimate of drug-likeness (QED) is 0.412. The molecule has 0 saturated carbocycles. The molecule has 0 spiro atoms. The van der Waals surface area contributed by atoms with Gasteiger partial charge in [0, 0.05) is 31.5 Å². The first kappa shape index (κ1) is 19.7. The largest absolute Gasteiger partial charge is 0.347 e. The molecule has 0 saturated heterocycles. The van der Waals surface area contributed by atoms with Gasteiger partial charge in [0.2, 0.25) is 5.91 Å². The molecule has 0 unspecified atom stereocenters. The maximum absolute atomic E-state index is 12.8. The van der Waals surface area contributed by atoms with Crippen LogP contribution in [0.4, 0.5) is 11.4 Å². The van der Waals surface area contributed by atoms with Crippen molar-refractivity contribution in [2.45, 2.75) is 19.3 Å². The molecule has 27 heavy (non-hydrogen) atoms. The highest BCUT2D eigenvalue weighted by Crippen LogP contribution is 2.28. The van der Waals surface area contributed by atoms with Crippen molar-refractivity contribution in [1.29, 1.82) is 0 Å². The number of hydrogen-bond donors (Lipinski definition) is 1. The Morgan fingerprint density at radius 1 is 0.963 bits per heavy atom. The number of carbonyl (C=O) groups excluding carboxylic acids is 1. The van der Waals surface area contributed by atoms with Gasteiger partial charge in [-0.25, -0.2) is 0 Å². The van der Waals surface area contributed by atoms with Crippen molar-refractivity contribution in [3.8, 4) is 0 Å². The van der Waals surface area contributed by atoms with E-state index in [1.54, 1.807) is 7.05 Å². The summed E-state index contributed by atoms with van der Waals surface area (Å²) in [6.45, 7) is 1.92. The number of rotatable bonds is 2. The Morgan fingerprint density at radius 2 is 1.59 bits per heavy atom. The molecule has 0 radical (unpaired) electrons. The topological polar surface area (TPSA) is 47.9 Å². The lowest BCUT2D eigenvalue weighted by atomic mass is 10.0. The Balaban J connectivity index is 0.00000210. The molecule has 2 aromatic rings. The van der Waals surface area contributed by atoms with Gasteiger partial charge in [0.1, 0.15) is 0 Å². The molecule has 5 nitrogen and oxygen atoms in total.